The fraction of sp³-hybridized carbons (Fsp3) is 0.714. The molecule has 0 aliphatic heterocycles. The van der Waals surface area contributed by atoms with Gasteiger partial charge < -0.3 is 9.64 Å². The Bertz CT molecular complexity index is 288. The number of amides is 1. The maximum absolute atomic E-state index is 12.5. The monoisotopic (exact) mass is 249 g/mol. The number of halogens is 5. The van der Waals surface area contributed by atoms with E-state index in [9.17, 15) is 31.5 Å². The van der Waals surface area contributed by atoms with Crippen molar-refractivity contribution in [2.24, 2.45) is 0 Å². The van der Waals surface area contributed by atoms with Gasteiger partial charge in [0.1, 0.15) is 6.54 Å². The zero-order valence-corrected chi connectivity index (χ0v) is 8.27. The second-order valence-corrected chi connectivity index (χ2v) is 2.81. The second kappa shape index (κ2) is 4.62. The molecule has 0 bridgehead atoms. The molecule has 16 heavy (non-hydrogen) atoms. The summed E-state index contributed by atoms with van der Waals surface area (Å²) in [6, 6.07) is 0. The first-order valence-electron chi connectivity index (χ1n) is 3.81. The SMILES string of the molecule is COC(=O)CN(C)C(=O)C(F)(F)C(F)(F)F. The standard InChI is InChI=1S/C7H8F5NO3/c1-13(3-4(14)16-2)5(15)6(8,9)7(10,11)12/h3H2,1-2H3. The number of carbonyl (C=O) groups is 2. The molecule has 0 aliphatic rings. The Morgan fingerprint density at radius 1 is 1.19 bits per heavy atom. The maximum atomic E-state index is 12.5. The van der Waals surface area contributed by atoms with Crippen molar-refractivity contribution in [3.05, 3.63) is 0 Å². The molecule has 0 atom stereocenters. The molecule has 9 heteroatoms. The van der Waals surface area contributed by atoms with Crippen LogP contribution in [0.5, 0.6) is 0 Å². The Balaban J connectivity index is 4.74. The molecule has 94 valence electrons. The number of hydrogen-bond acceptors (Lipinski definition) is 3. The number of esters is 1. The van der Waals surface area contributed by atoms with Gasteiger partial charge in [-0.3, -0.25) is 9.59 Å². The lowest BCUT2D eigenvalue weighted by Crippen LogP contribution is -2.52. The molecular weight excluding hydrogens is 241 g/mol. The van der Waals surface area contributed by atoms with Crippen molar-refractivity contribution >= 4 is 11.9 Å². The molecule has 4 nitrogen and oxygen atoms in total. The third kappa shape index (κ3) is 3.04. The minimum atomic E-state index is -5.99. The van der Waals surface area contributed by atoms with Gasteiger partial charge in [0.05, 0.1) is 7.11 Å². The predicted molar refractivity (Wildman–Crippen MR) is 40.7 cm³/mol. The average Bonchev–Trinajstić information content (AvgIpc) is 2.14. The lowest BCUT2D eigenvalue weighted by molar-refractivity contribution is -0.274. The Kier molecular flexibility index (Phi) is 4.21. The van der Waals surface area contributed by atoms with Gasteiger partial charge in [-0.25, -0.2) is 0 Å². The summed E-state index contributed by atoms with van der Waals surface area (Å²) in [5, 5.41) is 0. The highest BCUT2D eigenvalue weighted by molar-refractivity contribution is 5.87. The van der Waals surface area contributed by atoms with Crippen LogP contribution in [0, 0.1) is 0 Å². The van der Waals surface area contributed by atoms with Crippen molar-refractivity contribution in [3.8, 4) is 0 Å². The Morgan fingerprint density at radius 2 is 1.62 bits per heavy atom. The van der Waals surface area contributed by atoms with Crippen molar-refractivity contribution in [2.45, 2.75) is 12.1 Å². The second-order valence-electron chi connectivity index (χ2n) is 2.81. The minimum Gasteiger partial charge on any atom is -0.468 e. The van der Waals surface area contributed by atoms with Crippen LogP contribution in [0.25, 0.3) is 0 Å². The zero-order chi connectivity index (χ0) is 13.1. The van der Waals surface area contributed by atoms with Gasteiger partial charge in [-0.05, 0) is 0 Å². The fourth-order valence-electron chi connectivity index (χ4n) is 0.691. The Labute approximate surface area is 87.0 Å². The van der Waals surface area contributed by atoms with E-state index >= 15 is 0 Å². The lowest BCUT2D eigenvalue weighted by Gasteiger charge is -2.23. The minimum absolute atomic E-state index is 0.0562. The van der Waals surface area contributed by atoms with Gasteiger partial charge in [-0.2, -0.15) is 22.0 Å². The van der Waals surface area contributed by atoms with Crippen molar-refractivity contribution in [3.63, 3.8) is 0 Å². The van der Waals surface area contributed by atoms with Gasteiger partial charge in [-0.15, -0.1) is 0 Å². The van der Waals surface area contributed by atoms with Crippen LogP contribution in [0.1, 0.15) is 0 Å². The first-order chi connectivity index (χ1) is 7.04. The largest absolute Gasteiger partial charge is 0.468 e. The van der Waals surface area contributed by atoms with Crippen LogP contribution in [0.3, 0.4) is 0 Å². The number of likely N-dealkylation sites (N-methyl/N-ethyl adjacent to an activating group) is 1. The van der Waals surface area contributed by atoms with Crippen LogP contribution >= 0.6 is 0 Å². The summed E-state index contributed by atoms with van der Waals surface area (Å²) in [6.07, 6.45) is -5.99. The van der Waals surface area contributed by atoms with Gasteiger partial charge >= 0.3 is 24.0 Å². The number of hydrogen-bond donors (Lipinski definition) is 0. The van der Waals surface area contributed by atoms with Crippen LogP contribution < -0.4 is 0 Å². The van der Waals surface area contributed by atoms with E-state index in [2.05, 4.69) is 4.74 Å². The molecule has 0 radical (unpaired) electrons. The highest BCUT2D eigenvalue weighted by Crippen LogP contribution is 2.36. The molecule has 0 aromatic rings. The summed E-state index contributed by atoms with van der Waals surface area (Å²) in [5.74, 6) is -9.13. The number of methoxy groups -OCH3 is 1. The van der Waals surface area contributed by atoms with E-state index in [1.165, 1.54) is 0 Å². The summed E-state index contributed by atoms with van der Waals surface area (Å²) in [7, 11) is 1.54. The highest BCUT2D eigenvalue weighted by atomic mass is 19.4. The van der Waals surface area contributed by atoms with Crippen LogP contribution in [-0.4, -0.2) is 49.6 Å². The van der Waals surface area contributed by atoms with E-state index in [-0.39, 0.29) is 4.90 Å². The van der Waals surface area contributed by atoms with Crippen LogP contribution in [0.15, 0.2) is 0 Å². The molecule has 0 heterocycles. The molecule has 0 spiro atoms. The molecule has 0 N–H and O–H groups in total. The molecule has 0 fully saturated rings. The molecule has 0 aromatic carbocycles. The summed E-state index contributed by atoms with van der Waals surface area (Å²) < 4.78 is 64.2. The van der Waals surface area contributed by atoms with Crippen molar-refractivity contribution < 1.29 is 36.3 Å². The molecule has 0 aliphatic carbocycles. The molecule has 0 saturated heterocycles. The van der Waals surface area contributed by atoms with Crippen molar-refractivity contribution in [1.29, 1.82) is 0 Å². The van der Waals surface area contributed by atoms with E-state index in [1.807, 2.05) is 0 Å². The predicted octanol–water partition coefficient (Wildman–Crippen LogP) is 0.815. The summed E-state index contributed by atoms with van der Waals surface area (Å²) >= 11 is 0. The highest BCUT2D eigenvalue weighted by Gasteiger charge is 2.64. The van der Waals surface area contributed by atoms with E-state index in [0.29, 0.717) is 7.05 Å². The smallest absolute Gasteiger partial charge is 0.463 e. The number of alkyl halides is 5. The molecule has 1 amide bonds. The third-order valence-corrected chi connectivity index (χ3v) is 1.57. The fourth-order valence-corrected chi connectivity index (χ4v) is 0.691. The van der Waals surface area contributed by atoms with Gasteiger partial charge in [-0.1, -0.05) is 0 Å². The van der Waals surface area contributed by atoms with Gasteiger partial charge in [0.15, 0.2) is 0 Å². The summed E-state index contributed by atoms with van der Waals surface area (Å²) in [4.78, 5) is 21.2. The van der Waals surface area contributed by atoms with E-state index in [0.717, 1.165) is 7.11 Å². The molecule has 0 saturated carbocycles. The first kappa shape index (κ1) is 14.6. The number of carbonyl (C=O) groups excluding carboxylic acids is 2. The van der Waals surface area contributed by atoms with E-state index in [1.54, 1.807) is 0 Å². The molecule has 0 rings (SSSR count). The number of rotatable bonds is 3. The summed E-state index contributed by atoms with van der Waals surface area (Å²) in [6.45, 7) is -0.985. The molecular formula is C7H8F5NO3. The molecule has 0 unspecified atom stereocenters. The van der Waals surface area contributed by atoms with E-state index in [4.69, 9.17) is 0 Å². The van der Waals surface area contributed by atoms with Gasteiger partial charge in [0, 0.05) is 7.05 Å². The summed E-state index contributed by atoms with van der Waals surface area (Å²) in [5.41, 5.74) is 0. The van der Waals surface area contributed by atoms with Crippen molar-refractivity contribution in [2.75, 3.05) is 20.7 Å². The Morgan fingerprint density at radius 3 is 1.94 bits per heavy atom. The Hall–Kier alpha value is -1.41. The maximum Gasteiger partial charge on any atom is 0.463 e. The third-order valence-electron chi connectivity index (χ3n) is 1.57. The number of nitrogens with zero attached hydrogens (tertiary/aromatic N) is 1. The quantitative estimate of drug-likeness (QED) is 0.549. The normalized spacial score (nSPS) is 12.2. The topological polar surface area (TPSA) is 46.6 Å². The van der Waals surface area contributed by atoms with Crippen LogP contribution in [-0.2, 0) is 14.3 Å². The lowest BCUT2D eigenvalue weighted by atomic mass is 10.3. The van der Waals surface area contributed by atoms with Crippen molar-refractivity contribution in [1.82, 2.24) is 4.90 Å². The van der Waals surface area contributed by atoms with Gasteiger partial charge in [0.2, 0.25) is 0 Å². The number of ether oxygens (including phenoxy) is 1. The van der Waals surface area contributed by atoms with Crippen LogP contribution in [0.2, 0.25) is 0 Å². The van der Waals surface area contributed by atoms with Gasteiger partial charge in [0.25, 0.3) is 0 Å². The first-order valence-corrected chi connectivity index (χ1v) is 3.81. The molecule has 0 aromatic heterocycles. The van der Waals surface area contributed by atoms with Crippen LogP contribution in [0.4, 0.5) is 22.0 Å². The average molecular weight is 249 g/mol. The van der Waals surface area contributed by atoms with E-state index < -0.39 is 30.5 Å². The zero-order valence-electron chi connectivity index (χ0n) is 8.27.